The molecule has 0 saturated carbocycles. The van der Waals surface area contributed by atoms with Crippen LogP contribution >= 0.6 is 11.3 Å². The first-order chi connectivity index (χ1) is 12.1. The van der Waals surface area contributed by atoms with Gasteiger partial charge in [0.05, 0.1) is 12.8 Å². The number of carbonyl (C=O) groups is 1. The molecule has 1 fully saturated rings. The van der Waals surface area contributed by atoms with E-state index in [1.165, 1.54) is 30.5 Å². The summed E-state index contributed by atoms with van der Waals surface area (Å²) in [4.78, 5) is 21.9. The van der Waals surface area contributed by atoms with E-state index in [0.717, 1.165) is 51.9 Å². The van der Waals surface area contributed by atoms with E-state index in [-0.39, 0.29) is 6.09 Å². The van der Waals surface area contributed by atoms with E-state index in [9.17, 15) is 4.79 Å². The number of nitrogens with zero attached hydrogens (tertiary/aromatic N) is 3. The number of piperidine rings is 1. The summed E-state index contributed by atoms with van der Waals surface area (Å²) in [7, 11) is 1.46. The Morgan fingerprint density at radius 1 is 1.40 bits per heavy atom. The summed E-state index contributed by atoms with van der Waals surface area (Å²) in [5.41, 5.74) is 7.09. The van der Waals surface area contributed by atoms with E-state index in [0.29, 0.717) is 17.1 Å². The molecule has 140 valence electrons. The molecule has 1 atom stereocenters. The van der Waals surface area contributed by atoms with Gasteiger partial charge in [0.2, 0.25) is 0 Å². The van der Waals surface area contributed by atoms with Crippen molar-refractivity contribution in [1.29, 1.82) is 0 Å². The zero-order valence-corrected chi connectivity index (χ0v) is 16.2. The molecule has 1 unspecified atom stereocenters. The number of ether oxygens (including phenoxy) is 1. The number of anilines is 1. The summed E-state index contributed by atoms with van der Waals surface area (Å²) in [6.45, 7) is 6.16. The van der Waals surface area contributed by atoms with Gasteiger partial charge in [-0.15, -0.1) is 11.3 Å². The molecule has 7 heteroatoms. The molecule has 0 aromatic carbocycles. The lowest BCUT2D eigenvalue weighted by molar-refractivity contribution is 0.100. The zero-order valence-electron chi connectivity index (χ0n) is 15.4. The highest BCUT2D eigenvalue weighted by molar-refractivity contribution is 7.15. The molecule has 1 aliphatic heterocycles. The number of amides is 1. The van der Waals surface area contributed by atoms with Gasteiger partial charge >= 0.3 is 6.09 Å². The number of thiazole rings is 1. The van der Waals surface area contributed by atoms with E-state index < -0.39 is 0 Å². The molecule has 6 nitrogen and oxygen atoms in total. The van der Waals surface area contributed by atoms with Crippen LogP contribution in [0, 0.1) is 5.92 Å². The van der Waals surface area contributed by atoms with E-state index in [2.05, 4.69) is 16.8 Å². The Labute approximate surface area is 154 Å². The maximum absolute atomic E-state index is 11.6. The highest BCUT2D eigenvalue weighted by atomic mass is 32.1. The predicted molar refractivity (Wildman–Crippen MR) is 101 cm³/mol. The topological polar surface area (TPSA) is 71.7 Å². The third-order valence-electron chi connectivity index (χ3n) is 5.72. The second kappa shape index (κ2) is 8.36. The van der Waals surface area contributed by atoms with Gasteiger partial charge in [-0.25, -0.2) is 9.78 Å². The second-order valence-electron chi connectivity index (χ2n) is 7.14. The van der Waals surface area contributed by atoms with Crippen LogP contribution in [0.1, 0.15) is 43.2 Å². The van der Waals surface area contributed by atoms with Crippen molar-refractivity contribution >= 4 is 22.6 Å². The molecule has 1 amide bonds. The van der Waals surface area contributed by atoms with Crippen molar-refractivity contribution in [1.82, 2.24) is 14.8 Å². The zero-order chi connectivity index (χ0) is 17.8. The van der Waals surface area contributed by atoms with Crippen molar-refractivity contribution in [2.24, 2.45) is 5.92 Å². The summed E-state index contributed by atoms with van der Waals surface area (Å²) in [5.74, 6) is 0.716. The van der Waals surface area contributed by atoms with E-state index in [1.54, 1.807) is 11.3 Å². The third-order valence-corrected chi connectivity index (χ3v) is 6.67. The summed E-state index contributed by atoms with van der Waals surface area (Å²) in [6.07, 6.45) is 6.55. The standard InChI is InChI=1S/C18H30N4O2S/c1-3-21(14-4-5-15-16(12-14)25-17(19)20-15)9-6-13-7-10-22(11-8-13)18(23)24-2/h13-14H,3-12H2,1-2H3,(H2,19,20). The average Bonchev–Trinajstić information content (AvgIpc) is 3.01. The lowest BCUT2D eigenvalue weighted by Crippen LogP contribution is -2.42. The summed E-state index contributed by atoms with van der Waals surface area (Å²) in [5, 5.41) is 0.714. The fraction of sp³-hybridized carbons (Fsp3) is 0.778. The van der Waals surface area contributed by atoms with Gasteiger partial charge in [-0.2, -0.15) is 0 Å². The fourth-order valence-corrected chi connectivity index (χ4v) is 5.12. The molecule has 2 N–H and O–H groups in total. The van der Waals surface area contributed by atoms with Crippen LogP contribution in [0.4, 0.5) is 9.93 Å². The maximum Gasteiger partial charge on any atom is 0.409 e. The van der Waals surface area contributed by atoms with Gasteiger partial charge in [0.1, 0.15) is 0 Å². The van der Waals surface area contributed by atoms with E-state index in [4.69, 9.17) is 10.5 Å². The molecule has 2 heterocycles. The number of carbonyl (C=O) groups excluding carboxylic acids is 1. The molecule has 25 heavy (non-hydrogen) atoms. The van der Waals surface area contributed by atoms with Crippen molar-refractivity contribution in [3.8, 4) is 0 Å². The van der Waals surface area contributed by atoms with E-state index >= 15 is 0 Å². The van der Waals surface area contributed by atoms with Crippen molar-refractivity contribution in [3.05, 3.63) is 10.6 Å². The average molecular weight is 367 g/mol. The van der Waals surface area contributed by atoms with Gasteiger partial charge in [0, 0.05) is 24.0 Å². The minimum absolute atomic E-state index is 0.185. The van der Waals surface area contributed by atoms with Crippen LogP contribution in [0.25, 0.3) is 0 Å². The fourth-order valence-electron chi connectivity index (χ4n) is 4.17. The second-order valence-corrected chi connectivity index (χ2v) is 8.25. The Hall–Kier alpha value is -1.34. The van der Waals surface area contributed by atoms with Gasteiger partial charge in [-0.05, 0) is 57.5 Å². The van der Waals surface area contributed by atoms with Crippen molar-refractivity contribution in [2.75, 3.05) is 39.0 Å². The quantitative estimate of drug-likeness (QED) is 0.867. The SMILES string of the molecule is CCN(CCC1CCN(C(=O)OC)CC1)C1CCc2nc(N)sc2C1. The summed E-state index contributed by atoms with van der Waals surface area (Å²) >= 11 is 1.66. The van der Waals surface area contributed by atoms with Crippen molar-refractivity contribution < 1.29 is 9.53 Å². The number of methoxy groups -OCH3 is 1. The Kier molecular flexibility index (Phi) is 6.17. The van der Waals surface area contributed by atoms with Gasteiger partial charge in [0.15, 0.2) is 5.13 Å². The Morgan fingerprint density at radius 3 is 2.84 bits per heavy atom. The number of aromatic nitrogens is 1. The Morgan fingerprint density at radius 2 is 2.16 bits per heavy atom. The van der Waals surface area contributed by atoms with Crippen LogP contribution in [0.15, 0.2) is 0 Å². The molecule has 1 aromatic heterocycles. The van der Waals surface area contributed by atoms with Crippen LogP contribution in [-0.4, -0.2) is 60.2 Å². The van der Waals surface area contributed by atoms with Gasteiger partial charge in [0.25, 0.3) is 0 Å². The smallest absolute Gasteiger partial charge is 0.409 e. The van der Waals surface area contributed by atoms with Gasteiger partial charge < -0.3 is 20.3 Å². The molecule has 0 radical (unpaired) electrons. The molecule has 1 aromatic rings. The minimum Gasteiger partial charge on any atom is -0.453 e. The Bertz CT molecular complexity index is 584. The highest BCUT2D eigenvalue weighted by Gasteiger charge is 2.28. The molecule has 3 rings (SSSR count). The monoisotopic (exact) mass is 366 g/mol. The number of nitrogens with two attached hydrogens (primary N) is 1. The normalized spacial score (nSPS) is 21.4. The first-order valence-electron chi connectivity index (χ1n) is 9.41. The van der Waals surface area contributed by atoms with Gasteiger partial charge in [-0.1, -0.05) is 6.92 Å². The Balaban J connectivity index is 1.46. The van der Waals surface area contributed by atoms with Crippen LogP contribution in [0.5, 0.6) is 0 Å². The lowest BCUT2D eigenvalue weighted by atomic mass is 9.92. The number of likely N-dealkylation sites (N-methyl/N-ethyl adjacent to an activating group) is 1. The summed E-state index contributed by atoms with van der Waals surface area (Å²) in [6, 6.07) is 0.618. The number of aryl methyl sites for hydroxylation is 1. The van der Waals surface area contributed by atoms with Crippen LogP contribution < -0.4 is 5.73 Å². The van der Waals surface area contributed by atoms with Crippen LogP contribution in [0.2, 0.25) is 0 Å². The molecule has 1 aliphatic carbocycles. The van der Waals surface area contributed by atoms with Crippen LogP contribution in [-0.2, 0) is 17.6 Å². The predicted octanol–water partition coefficient (Wildman–Crippen LogP) is 2.77. The molecule has 0 bridgehead atoms. The van der Waals surface area contributed by atoms with Crippen molar-refractivity contribution in [2.45, 2.75) is 51.5 Å². The van der Waals surface area contributed by atoms with Crippen LogP contribution in [0.3, 0.4) is 0 Å². The van der Waals surface area contributed by atoms with E-state index in [1.807, 2.05) is 4.90 Å². The number of fused-ring (bicyclic) bond motifs is 1. The molecule has 2 aliphatic rings. The number of likely N-dealkylation sites (tertiary alicyclic amines) is 1. The molecular weight excluding hydrogens is 336 g/mol. The molecule has 0 spiro atoms. The van der Waals surface area contributed by atoms with Gasteiger partial charge in [-0.3, -0.25) is 0 Å². The lowest BCUT2D eigenvalue weighted by Gasteiger charge is -2.36. The number of rotatable bonds is 5. The molecule has 1 saturated heterocycles. The first kappa shape index (κ1) is 18.5. The summed E-state index contributed by atoms with van der Waals surface area (Å²) < 4.78 is 4.82. The number of hydrogen-bond donors (Lipinski definition) is 1. The molecular formula is C18H30N4O2S. The number of nitrogen functional groups attached to an aromatic ring is 1. The number of hydrogen-bond acceptors (Lipinski definition) is 6. The van der Waals surface area contributed by atoms with Crippen molar-refractivity contribution in [3.63, 3.8) is 0 Å². The first-order valence-corrected chi connectivity index (χ1v) is 10.2. The largest absolute Gasteiger partial charge is 0.453 e. The minimum atomic E-state index is -0.185. The third kappa shape index (κ3) is 4.44. The highest BCUT2D eigenvalue weighted by Crippen LogP contribution is 2.31. The maximum atomic E-state index is 11.6.